The van der Waals surface area contributed by atoms with Crippen LogP contribution in [0.2, 0.25) is 0 Å². The summed E-state index contributed by atoms with van der Waals surface area (Å²) >= 11 is 0. The maximum absolute atomic E-state index is 11.6. The summed E-state index contributed by atoms with van der Waals surface area (Å²) in [6.45, 7) is 11.0. The van der Waals surface area contributed by atoms with Crippen molar-refractivity contribution in [1.82, 2.24) is 0 Å². The Hall–Kier alpha value is -0.610. The van der Waals surface area contributed by atoms with Crippen molar-refractivity contribution >= 4 is 5.97 Å². The minimum absolute atomic E-state index is 0.154. The van der Waals surface area contributed by atoms with Gasteiger partial charge in [-0.05, 0) is 40.0 Å². The third-order valence-electron chi connectivity index (χ3n) is 3.89. The van der Waals surface area contributed by atoms with Crippen LogP contribution in [0.25, 0.3) is 0 Å². The maximum Gasteiger partial charge on any atom is 0.308 e. The third-order valence-corrected chi connectivity index (χ3v) is 3.89. The van der Waals surface area contributed by atoms with Gasteiger partial charge in [0.05, 0.1) is 30.8 Å². The van der Waals surface area contributed by atoms with E-state index >= 15 is 0 Å². The molecule has 0 heterocycles. The molecule has 0 spiro atoms. The van der Waals surface area contributed by atoms with Crippen LogP contribution in [0.15, 0.2) is 0 Å². The van der Waals surface area contributed by atoms with Crippen molar-refractivity contribution in [2.75, 3.05) is 20.3 Å². The molecule has 0 fully saturated rings. The molecule has 4 nitrogen and oxygen atoms in total. The number of ether oxygens (including phenoxy) is 3. The molecule has 0 rings (SSSR count). The number of hydrogen-bond acceptors (Lipinski definition) is 4. The van der Waals surface area contributed by atoms with Crippen molar-refractivity contribution in [3.05, 3.63) is 0 Å². The van der Waals surface area contributed by atoms with E-state index in [1.165, 1.54) is 0 Å². The molecule has 0 saturated carbocycles. The van der Waals surface area contributed by atoms with Gasteiger partial charge in [-0.3, -0.25) is 4.79 Å². The summed E-state index contributed by atoms with van der Waals surface area (Å²) in [5, 5.41) is 0. The maximum atomic E-state index is 11.6. The Morgan fingerprint density at radius 2 is 1.63 bits per heavy atom. The molecule has 19 heavy (non-hydrogen) atoms. The average Bonchev–Trinajstić information content (AvgIpc) is 2.38. The summed E-state index contributed by atoms with van der Waals surface area (Å²) < 4.78 is 16.4. The van der Waals surface area contributed by atoms with Crippen molar-refractivity contribution in [2.45, 2.75) is 71.5 Å². The van der Waals surface area contributed by atoms with Gasteiger partial charge in [-0.25, -0.2) is 0 Å². The van der Waals surface area contributed by atoms with Gasteiger partial charge in [0.1, 0.15) is 0 Å². The molecule has 0 N–H and O–H groups in total. The number of hydrogen-bond donors (Lipinski definition) is 0. The van der Waals surface area contributed by atoms with Gasteiger partial charge in [0.2, 0.25) is 0 Å². The first-order valence-electron chi connectivity index (χ1n) is 7.19. The Labute approximate surface area is 117 Å². The van der Waals surface area contributed by atoms with Gasteiger partial charge in [-0.15, -0.1) is 0 Å². The van der Waals surface area contributed by atoms with Gasteiger partial charge in [0.25, 0.3) is 0 Å². The molecule has 0 aromatic rings. The Morgan fingerprint density at radius 3 is 2.05 bits per heavy atom. The molecule has 0 aliphatic carbocycles. The fraction of sp³-hybridized carbons (Fsp3) is 0.933. The fourth-order valence-electron chi connectivity index (χ4n) is 1.73. The smallest absolute Gasteiger partial charge is 0.308 e. The predicted molar refractivity (Wildman–Crippen MR) is 76.2 cm³/mol. The zero-order chi connectivity index (χ0) is 14.9. The predicted octanol–water partition coefficient (Wildman–Crippen LogP) is 3.33. The van der Waals surface area contributed by atoms with Crippen molar-refractivity contribution < 1.29 is 19.0 Å². The van der Waals surface area contributed by atoms with Crippen LogP contribution < -0.4 is 0 Å². The molecule has 0 aromatic carbocycles. The van der Waals surface area contributed by atoms with Crippen LogP contribution in [0.3, 0.4) is 0 Å². The molecule has 2 unspecified atom stereocenters. The van der Waals surface area contributed by atoms with E-state index < -0.39 is 5.60 Å². The molecule has 0 radical (unpaired) electrons. The first-order valence-corrected chi connectivity index (χ1v) is 7.19. The number of esters is 1. The van der Waals surface area contributed by atoms with Gasteiger partial charge in [0, 0.05) is 7.11 Å². The fourth-order valence-corrected chi connectivity index (χ4v) is 1.73. The molecule has 0 bridgehead atoms. The Balaban J connectivity index is 4.28. The molecule has 0 aliphatic heterocycles. The largest absolute Gasteiger partial charge is 0.466 e. The van der Waals surface area contributed by atoms with E-state index in [1.54, 1.807) is 7.11 Å². The summed E-state index contributed by atoms with van der Waals surface area (Å²) in [6, 6.07) is 0. The lowest BCUT2D eigenvalue weighted by Gasteiger charge is -2.31. The lowest BCUT2D eigenvalue weighted by atomic mass is 9.97. The highest BCUT2D eigenvalue weighted by Crippen LogP contribution is 2.24. The topological polar surface area (TPSA) is 44.8 Å². The van der Waals surface area contributed by atoms with Crippen LogP contribution in [0.5, 0.6) is 0 Å². The van der Waals surface area contributed by atoms with Crippen LogP contribution in [0.1, 0.15) is 60.3 Å². The van der Waals surface area contributed by atoms with Gasteiger partial charge < -0.3 is 14.2 Å². The molecule has 0 aromatic heterocycles. The van der Waals surface area contributed by atoms with Crippen LogP contribution in [-0.2, 0) is 19.0 Å². The van der Waals surface area contributed by atoms with Crippen LogP contribution in [0.4, 0.5) is 0 Å². The van der Waals surface area contributed by atoms with Gasteiger partial charge in [0.15, 0.2) is 0 Å². The molecule has 0 saturated heterocycles. The summed E-state index contributed by atoms with van der Waals surface area (Å²) in [5.74, 6) is -0.197. The third kappa shape index (κ3) is 6.92. The number of carbonyl (C=O) groups is 1. The van der Waals surface area contributed by atoms with Crippen LogP contribution in [-0.4, -0.2) is 37.5 Å². The first kappa shape index (κ1) is 18.4. The highest BCUT2D eigenvalue weighted by atomic mass is 16.5. The number of carbonyl (C=O) groups excluding carboxylic acids is 1. The summed E-state index contributed by atoms with van der Waals surface area (Å²) in [6.07, 6.45) is 2.83. The van der Waals surface area contributed by atoms with Crippen molar-refractivity contribution in [3.63, 3.8) is 0 Å². The first-order chi connectivity index (χ1) is 8.84. The van der Waals surface area contributed by atoms with E-state index in [2.05, 4.69) is 13.8 Å². The van der Waals surface area contributed by atoms with Gasteiger partial charge in [-0.1, -0.05) is 13.8 Å². The van der Waals surface area contributed by atoms with Gasteiger partial charge in [-0.2, -0.15) is 0 Å². The Bertz CT molecular complexity index is 261. The monoisotopic (exact) mass is 274 g/mol. The normalized spacial score (nSPS) is 17.6. The lowest BCUT2D eigenvalue weighted by Crippen LogP contribution is -2.35. The molecule has 4 heteroatoms. The van der Waals surface area contributed by atoms with Crippen LogP contribution >= 0.6 is 0 Å². The van der Waals surface area contributed by atoms with E-state index in [-0.39, 0.29) is 11.6 Å². The molecule has 114 valence electrons. The molecule has 2 atom stereocenters. The van der Waals surface area contributed by atoms with E-state index in [1.807, 2.05) is 20.8 Å². The minimum atomic E-state index is -0.450. The standard InChI is InChI=1S/C15H30O4/c1-7-14(4,17-6)10-11-19-15(5,8-2)12-13(16)18-9-3/h7-12H2,1-6H3. The zero-order valence-corrected chi connectivity index (χ0v) is 13.4. The van der Waals surface area contributed by atoms with Gasteiger partial charge >= 0.3 is 5.97 Å². The van der Waals surface area contributed by atoms with Crippen molar-refractivity contribution in [3.8, 4) is 0 Å². The average molecular weight is 274 g/mol. The summed E-state index contributed by atoms with van der Waals surface area (Å²) in [7, 11) is 1.72. The second-order valence-corrected chi connectivity index (χ2v) is 5.39. The van der Waals surface area contributed by atoms with E-state index in [0.29, 0.717) is 19.6 Å². The van der Waals surface area contributed by atoms with Crippen molar-refractivity contribution in [2.24, 2.45) is 0 Å². The SMILES string of the molecule is CCOC(=O)CC(C)(CC)OCCC(C)(CC)OC. The molecule has 0 aliphatic rings. The highest BCUT2D eigenvalue weighted by Gasteiger charge is 2.29. The van der Waals surface area contributed by atoms with Crippen molar-refractivity contribution in [1.29, 1.82) is 0 Å². The van der Waals surface area contributed by atoms with E-state index in [0.717, 1.165) is 19.3 Å². The Kier molecular flexibility index (Phi) is 8.26. The molecular formula is C15H30O4. The summed E-state index contributed by atoms with van der Waals surface area (Å²) in [5.41, 5.74) is -0.604. The second kappa shape index (κ2) is 8.54. The van der Waals surface area contributed by atoms with Crippen LogP contribution in [0, 0.1) is 0 Å². The highest BCUT2D eigenvalue weighted by molar-refractivity contribution is 5.70. The quantitative estimate of drug-likeness (QED) is 0.573. The summed E-state index contributed by atoms with van der Waals surface area (Å²) in [4.78, 5) is 11.6. The number of methoxy groups -OCH3 is 1. The Morgan fingerprint density at radius 1 is 1.05 bits per heavy atom. The molecule has 0 amide bonds. The zero-order valence-electron chi connectivity index (χ0n) is 13.4. The second-order valence-electron chi connectivity index (χ2n) is 5.39. The number of rotatable bonds is 10. The van der Waals surface area contributed by atoms with E-state index in [4.69, 9.17) is 14.2 Å². The molecular weight excluding hydrogens is 244 g/mol. The lowest BCUT2D eigenvalue weighted by molar-refractivity contribution is -0.152. The van der Waals surface area contributed by atoms with E-state index in [9.17, 15) is 4.79 Å². The minimum Gasteiger partial charge on any atom is -0.466 e.